The lowest BCUT2D eigenvalue weighted by atomic mass is 10.0. The predicted octanol–water partition coefficient (Wildman–Crippen LogP) is 0.0645. The molecule has 0 saturated heterocycles. The summed E-state index contributed by atoms with van der Waals surface area (Å²) in [4.78, 5) is 0. The van der Waals surface area contributed by atoms with E-state index in [1.807, 2.05) is 6.92 Å². The van der Waals surface area contributed by atoms with Gasteiger partial charge in [-0.2, -0.15) is 0 Å². The van der Waals surface area contributed by atoms with Crippen molar-refractivity contribution in [1.82, 2.24) is 0 Å². The van der Waals surface area contributed by atoms with Crippen LogP contribution < -0.4 is 0 Å². The Morgan fingerprint density at radius 1 is 1.46 bits per heavy atom. The van der Waals surface area contributed by atoms with Crippen molar-refractivity contribution in [3.8, 4) is 0 Å². The van der Waals surface area contributed by atoms with Gasteiger partial charge >= 0.3 is 0 Å². The van der Waals surface area contributed by atoms with Gasteiger partial charge in [0.15, 0.2) is 0 Å². The molecule has 5 heteroatoms. The Balaban J connectivity index is 3.80. The fraction of sp³-hybridized carbons (Fsp3) is 1.00. The second kappa shape index (κ2) is 5.57. The van der Waals surface area contributed by atoms with E-state index in [1.165, 1.54) is 6.26 Å². The molecule has 2 unspecified atom stereocenters. The summed E-state index contributed by atoms with van der Waals surface area (Å²) in [6.07, 6.45) is 0.846. The zero-order valence-corrected chi connectivity index (χ0v) is 9.17. The largest absolute Gasteiger partial charge is 0.393 e. The highest BCUT2D eigenvalue weighted by molar-refractivity contribution is 7.90. The molecule has 0 aliphatic heterocycles. The van der Waals surface area contributed by atoms with E-state index in [0.717, 1.165) is 0 Å². The number of methoxy groups -OCH3 is 1. The van der Waals surface area contributed by atoms with Crippen LogP contribution in [0.25, 0.3) is 0 Å². The van der Waals surface area contributed by atoms with E-state index >= 15 is 0 Å². The smallest absolute Gasteiger partial charge is 0.147 e. The van der Waals surface area contributed by atoms with Gasteiger partial charge in [0.25, 0.3) is 0 Å². The van der Waals surface area contributed by atoms with Crippen LogP contribution in [0, 0.1) is 5.92 Å². The number of aliphatic hydroxyl groups is 1. The highest BCUT2D eigenvalue weighted by Gasteiger charge is 2.15. The second-order valence-corrected chi connectivity index (χ2v) is 5.68. The standard InChI is InChI=1S/C8H18O4S/c1-7(6-12-2)8(9)4-5-13(3,10)11/h7-9H,4-6H2,1-3H3. The summed E-state index contributed by atoms with van der Waals surface area (Å²) in [5.74, 6) is 0.00845. The fourth-order valence-corrected chi connectivity index (χ4v) is 1.66. The summed E-state index contributed by atoms with van der Waals surface area (Å²) in [6, 6.07) is 0. The van der Waals surface area contributed by atoms with Gasteiger partial charge in [0.05, 0.1) is 18.5 Å². The normalized spacial score (nSPS) is 16.9. The van der Waals surface area contributed by atoms with Gasteiger partial charge in [-0.25, -0.2) is 8.42 Å². The maximum absolute atomic E-state index is 10.8. The van der Waals surface area contributed by atoms with Gasteiger partial charge in [-0.1, -0.05) is 6.92 Å². The van der Waals surface area contributed by atoms with Crippen LogP contribution in [0.2, 0.25) is 0 Å². The summed E-state index contributed by atoms with van der Waals surface area (Å²) >= 11 is 0. The van der Waals surface area contributed by atoms with Crippen molar-refractivity contribution < 1.29 is 18.3 Å². The molecular weight excluding hydrogens is 192 g/mol. The van der Waals surface area contributed by atoms with Crippen molar-refractivity contribution in [2.45, 2.75) is 19.4 Å². The molecule has 0 aliphatic rings. The molecule has 0 aliphatic carbocycles. The van der Waals surface area contributed by atoms with Gasteiger partial charge in [-0.15, -0.1) is 0 Å². The molecule has 4 nitrogen and oxygen atoms in total. The van der Waals surface area contributed by atoms with Gasteiger partial charge in [-0.3, -0.25) is 0 Å². The lowest BCUT2D eigenvalue weighted by Gasteiger charge is -2.17. The van der Waals surface area contributed by atoms with E-state index in [2.05, 4.69) is 0 Å². The molecular formula is C8H18O4S. The number of ether oxygens (including phenoxy) is 1. The first-order valence-corrected chi connectivity index (χ1v) is 6.27. The molecule has 13 heavy (non-hydrogen) atoms. The Bertz CT molecular complexity index is 222. The zero-order chi connectivity index (χ0) is 10.5. The van der Waals surface area contributed by atoms with E-state index in [0.29, 0.717) is 6.61 Å². The van der Waals surface area contributed by atoms with Gasteiger partial charge < -0.3 is 9.84 Å². The molecule has 0 fully saturated rings. The highest BCUT2D eigenvalue weighted by atomic mass is 32.2. The Morgan fingerprint density at radius 2 is 2.00 bits per heavy atom. The monoisotopic (exact) mass is 210 g/mol. The topological polar surface area (TPSA) is 63.6 Å². The lowest BCUT2D eigenvalue weighted by Crippen LogP contribution is -2.24. The maximum atomic E-state index is 10.8. The minimum Gasteiger partial charge on any atom is -0.393 e. The Morgan fingerprint density at radius 3 is 2.38 bits per heavy atom. The Kier molecular flexibility index (Phi) is 5.51. The van der Waals surface area contributed by atoms with E-state index < -0.39 is 15.9 Å². The molecule has 0 radical (unpaired) electrons. The van der Waals surface area contributed by atoms with E-state index in [9.17, 15) is 13.5 Å². The molecule has 0 aromatic carbocycles. The number of hydrogen-bond acceptors (Lipinski definition) is 4. The fourth-order valence-electron chi connectivity index (χ4n) is 0.993. The van der Waals surface area contributed by atoms with Crippen molar-refractivity contribution in [1.29, 1.82) is 0 Å². The van der Waals surface area contributed by atoms with Gasteiger partial charge in [0.2, 0.25) is 0 Å². The minimum atomic E-state index is -2.97. The van der Waals surface area contributed by atoms with Crippen LogP contribution in [0.5, 0.6) is 0 Å². The lowest BCUT2D eigenvalue weighted by molar-refractivity contribution is 0.0554. The molecule has 0 rings (SSSR count). The molecule has 0 aromatic heterocycles. The average molecular weight is 210 g/mol. The predicted molar refractivity (Wildman–Crippen MR) is 51.4 cm³/mol. The highest BCUT2D eigenvalue weighted by Crippen LogP contribution is 2.08. The summed E-state index contributed by atoms with van der Waals surface area (Å²) in [7, 11) is -1.41. The Labute approximate surface area is 79.8 Å². The van der Waals surface area contributed by atoms with Crippen molar-refractivity contribution in [3.63, 3.8) is 0 Å². The summed E-state index contributed by atoms with van der Waals surface area (Å²) in [6.45, 7) is 2.28. The van der Waals surface area contributed by atoms with Crippen molar-refractivity contribution >= 4 is 9.84 Å². The van der Waals surface area contributed by atoms with Crippen LogP contribution in [0.4, 0.5) is 0 Å². The number of rotatable bonds is 6. The third-order valence-corrected chi connectivity index (χ3v) is 2.85. The van der Waals surface area contributed by atoms with Gasteiger partial charge in [-0.05, 0) is 6.42 Å². The molecule has 0 bridgehead atoms. The third kappa shape index (κ3) is 6.98. The first-order chi connectivity index (χ1) is 5.87. The minimum absolute atomic E-state index is 0.0215. The van der Waals surface area contributed by atoms with Crippen molar-refractivity contribution in [2.75, 3.05) is 25.7 Å². The average Bonchev–Trinajstić information content (AvgIpc) is 1.99. The van der Waals surface area contributed by atoms with E-state index in [4.69, 9.17) is 4.74 Å². The molecule has 2 atom stereocenters. The van der Waals surface area contributed by atoms with Crippen LogP contribution in [-0.4, -0.2) is 45.4 Å². The van der Waals surface area contributed by atoms with Crippen LogP contribution in [-0.2, 0) is 14.6 Å². The summed E-state index contributed by atoms with van der Waals surface area (Å²) < 4.78 is 26.4. The number of hydrogen-bond donors (Lipinski definition) is 1. The van der Waals surface area contributed by atoms with Crippen LogP contribution in [0.3, 0.4) is 0 Å². The molecule has 0 amide bonds. The van der Waals surface area contributed by atoms with Crippen molar-refractivity contribution in [3.05, 3.63) is 0 Å². The Hall–Kier alpha value is -0.130. The molecule has 1 N–H and O–H groups in total. The SMILES string of the molecule is COCC(C)C(O)CCS(C)(=O)=O. The first-order valence-electron chi connectivity index (χ1n) is 4.21. The van der Waals surface area contributed by atoms with Crippen LogP contribution in [0.1, 0.15) is 13.3 Å². The van der Waals surface area contributed by atoms with Crippen LogP contribution in [0.15, 0.2) is 0 Å². The molecule has 0 saturated carbocycles. The van der Waals surface area contributed by atoms with E-state index in [1.54, 1.807) is 7.11 Å². The third-order valence-electron chi connectivity index (χ3n) is 1.87. The molecule has 0 heterocycles. The van der Waals surface area contributed by atoms with Gasteiger partial charge in [0.1, 0.15) is 9.84 Å². The molecule has 0 aromatic rings. The van der Waals surface area contributed by atoms with Crippen LogP contribution >= 0.6 is 0 Å². The second-order valence-electron chi connectivity index (χ2n) is 3.42. The number of sulfone groups is 1. The van der Waals surface area contributed by atoms with Crippen molar-refractivity contribution in [2.24, 2.45) is 5.92 Å². The van der Waals surface area contributed by atoms with E-state index in [-0.39, 0.29) is 18.1 Å². The molecule has 0 spiro atoms. The molecule has 80 valence electrons. The first kappa shape index (κ1) is 12.9. The zero-order valence-electron chi connectivity index (χ0n) is 8.36. The summed E-state index contributed by atoms with van der Waals surface area (Å²) in [5, 5.41) is 9.47. The maximum Gasteiger partial charge on any atom is 0.147 e. The summed E-state index contributed by atoms with van der Waals surface area (Å²) in [5.41, 5.74) is 0. The quantitative estimate of drug-likeness (QED) is 0.673. The number of aliphatic hydroxyl groups excluding tert-OH is 1. The van der Waals surface area contributed by atoms with Gasteiger partial charge in [0, 0.05) is 19.3 Å².